The number of ether oxygens (including phenoxy) is 3. The molecule has 0 atom stereocenters. The third-order valence-electron chi connectivity index (χ3n) is 7.64. The number of hydrogen-bond donors (Lipinski definition) is 0. The average Bonchev–Trinajstić information content (AvgIpc) is 3.50. The number of sulfonamides is 1. The molecular formula is C32H37N5O6S2. The van der Waals surface area contributed by atoms with Crippen LogP contribution >= 0.6 is 11.8 Å². The van der Waals surface area contributed by atoms with Gasteiger partial charge in [0.1, 0.15) is 0 Å². The molecule has 1 aromatic heterocycles. The fourth-order valence-corrected chi connectivity index (χ4v) is 7.31. The molecule has 0 aliphatic carbocycles. The summed E-state index contributed by atoms with van der Waals surface area (Å²) in [5.74, 6) is 1.89. The molecule has 13 heteroatoms. The Kier molecular flexibility index (Phi) is 10.4. The lowest BCUT2D eigenvalue weighted by molar-refractivity contribution is -0.127. The van der Waals surface area contributed by atoms with Gasteiger partial charge in [0.05, 0.1) is 38.1 Å². The Morgan fingerprint density at radius 3 is 2.42 bits per heavy atom. The van der Waals surface area contributed by atoms with E-state index in [1.54, 1.807) is 44.4 Å². The maximum absolute atomic E-state index is 13.5. The van der Waals surface area contributed by atoms with Crippen LogP contribution < -0.4 is 9.47 Å². The highest BCUT2D eigenvalue weighted by Gasteiger charge is 2.28. The molecule has 11 nitrogen and oxygen atoms in total. The van der Waals surface area contributed by atoms with Crippen LogP contribution in [0.3, 0.4) is 0 Å². The predicted octanol–water partition coefficient (Wildman–Crippen LogP) is 4.07. The number of carbonyl (C=O) groups excluding carboxylic acids is 1. The molecule has 0 radical (unpaired) electrons. The molecule has 4 aromatic rings. The molecule has 0 saturated carbocycles. The number of likely N-dealkylation sites (N-methyl/N-ethyl adjacent to an activating group) is 1. The van der Waals surface area contributed by atoms with Gasteiger partial charge in [0, 0.05) is 37.9 Å². The maximum Gasteiger partial charge on any atom is 0.243 e. The number of para-hydroxylation sites is 1. The number of aryl methyl sites for hydroxylation is 1. The fourth-order valence-electron chi connectivity index (χ4n) is 4.98. The number of methoxy groups -OCH3 is 2. The lowest BCUT2D eigenvalue weighted by Crippen LogP contribution is -2.40. The predicted molar refractivity (Wildman–Crippen MR) is 173 cm³/mol. The second kappa shape index (κ2) is 14.5. The zero-order chi connectivity index (χ0) is 32.0. The average molecular weight is 652 g/mol. The Morgan fingerprint density at radius 1 is 0.978 bits per heavy atom. The summed E-state index contributed by atoms with van der Waals surface area (Å²) in [4.78, 5) is 15.0. The van der Waals surface area contributed by atoms with Gasteiger partial charge in [-0.2, -0.15) is 4.31 Å². The van der Waals surface area contributed by atoms with Crippen molar-refractivity contribution in [2.75, 3.05) is 59.9 Å². The normalized spacial score (nSPS) is 13.9. The summed E-state index contributed by atoms with van der Waals surface area (Å²) in [5.41, 5.74) is 3.32. The zero-order valence-corrected chi connectivity index (χ0v) is 27.4. The van der Waals surface area contributed by atoms with Crippen LogP contribution in [-0.2, 0) is 26.0 Å². The first-order chi connectivity index (χ1) is 21.7. The SMILES string of the molecule is COc1ccc(CCN(C)C(=O)CSc2nnc(-c3cc(S(=O)(=O)N4CCOCC4)ccc3C)n2-c2ccccc2)cc1OC. The van der Waals surface area contributed by atoms with E-state index in [-0.39, 0.29) is 16.6 Å². The highest BCUT2D eigenvalue weighted by atomic mass is 32.2. The number of benzene rings is 3. The van der Waals surface area contributed by atoms with Crippen molar-refractivity contribution in [1.82, 2.24) is 24.0 Å². The quantitative estimate of drug-likeness (QED) is 0.209. The minimum atomic E-state index is -3.72. The van der Waals surface area contributed by atoms with Crippen LogP contribution in [0.1, 0.15) is 11.1 Å². The Labute approximate surface area is 268 Å². The van der Waals surface area contributed by atoms with E-state index < -0.39 is 10.0 Å². The Bertz CT molecular complexity index is 1740. The number of morpholine rings is 1. The number of thioether (sulfide) groups is 1. The van der Waals surface area contributed by atoms with Crippen molar-refractivity contribution in [3.05, 3.63) is 77.9 Å². The van der Waals surface area contributed by atoms with Gasteiger partial charge in [0.25, 0.3) is 0 Å². The van der Waals surface area contributed by atoms with Gasteiger partial charge in [-0.1, -0.05) is 42.1 Å². The first kappa shape index (κ1) is 32.5. The molecule has 0 spiro atoms. The van der Waals surface area contributed by atoms with E-state index >= 15 is 0 Å². The van der Waals surface area contributed by atoms with Crippen LogP contribution in [-0.4, -0.2) is 98.2 Å². The van der Waals surface area contributed by atoms with E-state index in [9.17, 15) is 13.2 Å². The van der Waals surface area contributed by atoms with Crippen molar-refractivity contribution in [1.29, 1.82) is 0 Å². The molecule has 45 heavy (non-hydrogen) atoms. The van der Waals surface area contributed by atoms with Crippen LogP contribution in [0.15, 0.2) is 76.8 Å². The van der Waals surface area contributed by atoms with E-state index in [0.717, 1.165) is 16.8 Å². The molecule has 0 bridgehead atoms. The summed E-state index contributed by atoms with van der Waals surface area (Å²) < 4.78 is 46.3. The Morgan fingerprint density at radius 2 is 1.71 bits per heavy atom. The van der Waals surface area contributed by atoms with Crippen molar-refractivity contribution in [3.8, 4) is 28.6 Å². The summed E-state index contributed by atoms with van der Waals surface area (Å²) in [6.45, 7) is 3.78. The minimum Gasteiger partial charge on any atom is -0.493 e. The van der Waals surface area contributed by atoms with Crippen LogP contribution in [0.2, 0.25) is 0 Å². The summed E-state index contributed by atoms with van der Waals surface area (Å²) in [7, 11) is 1.25. The van der Waals surface area contributed by atoms with Crippen LogP contribution in [0.4, 0.5) is 0 Å². The number of amides is 1. The van der Waals surface area contributed by atoms with Crippen molar-refractivity contribution in [2.45, 2.75) is 23.4 Å². The second-order valence-corrected chi connectivity index (χ2v) is 13.4. The van der Waals surface area contributed by atoms with E-state index in [4.69, 9.17) is 14.2 Å². The molecule has 1 amide bonds. The van der Waals surface area contributed by atoms with Gasteiger partial charge < -0.3 is 19.1 Å². The minimum absolute atomic E-state index is 0.0561. The van der Waals surface area contributed by atoms with Gasteiger partial charge in [-0.15, -0.1) is 10.2 Å². The van der Waals surface area contributed by atoms with Crippen molar-refractivity contribution < 1.29 is 27.4 Å². The van der Waals surface area contributed by atoms with Gasteiger partial charge in [0.15, 0.2) is 22.5 Å². The fraction of sp³-hybridized carbons (Fsp3) is 0.344. The molecule has 1 saturated heterocycles. The summed E-state index contributed by atoms with van der Waals surface area (Å²) >= 11 is 1.29. The maximum atomic E-state index is 13.5. The van der Waals surface area contributed by atoms with Crippen LogP contribution in [0, 0.1) is 6.92 Å². The van der Waals surface area contributed by atoms with Gasteiger partial charge in [0.2, 0.25) is 15.9 Å². The van der Waals surface area contributed by atoms with Gasteiger partial charge in [-0.3, -0.25) is 9.36 Å². The number of rotatable bonds is 12. The molecule has 0 unspecified atom stereocenters. The highest BCUT2D eigenvalue weighted by Crippen LogP contribution is 2.32. The van der Waals surface area contributed by atoms with Crippen molar-refractivity contribution in [3.63, 3.8) is 0 Å². The Hall–Kier alpha value is -3.91. The van der Waals surface area contributed by atoms with Gasteiger partial charge >= 0.3 is 0 Å². The zero-order valence-electron chi connectivity index (χ0n) is 25.8. The molecule has 1 aliphatic rings. The largest absolute Gasteiger partial charge is 0.493 e. The van der Waals surface area contributed by atoms with E-state index in [2.05, 4.69) is 10.2 Å². The smallest absolute Gasteiger partial charge is 0.243 e. The van der Waals surface area contributed by atoms with E-state index in [1.165, 1.54) is 16.1 Å². The van der Waals surface area contributed by atoms with Gasteiger partial charge in [-0.25, -0.2) is 8.42 Å². The molecule has 3 aromatic carbocycles. The molecule has 1 aliphatic heterocycles. The number of nitrogens with zero attached hydrogens (tertiary/aromatic N) is 5. The van der Waals surface area contributed by atoms with E-state index in [0.29, 0.717) is 67.3 Å². The Balaban J connectivity index is 1.36. The van der Waals surface area contributed by atoms with Crippen molar-refractivity contribution >= 4 is 27.7 Å². The van der Waals surface area contributed by atoms with Gasteiger partial charge in [-0.05, 0) is 60.9 Å². The standard InChI is InChI=1S/C32H37N5O6S2/c1-23-10-12-26(45(39,40)36-16-18-43-19-17-36)21-27(23)31-33-34-32(37(31)25-8-6-5-7-9-25)44-22-30(38)35(2)15-14-24-11-13-28(41-3)29(20-24)42-4/h5-13,20-21H,14-19,22H2,1-4H3. The monoisotopic (exact) mass is 651 g/mol. The third kappa shape index (κ3) is 7.33. The lowest BCUT2D eigenvalue weighted by Gasteiger charge is -2.26. The van der Waals surface area contributed by atoms with E-state index in [1.807, 2.05) is 60.0 Å². The topological polar surface area (TPSA) is 116 Å². The molecular weight excluding hydrogens is 615 g/mol. The molecule has 0 N–H and O–H groups in total. The first-order valence-corrected chi connectivity index (χ1v) is 16.9. The number of hydrogen-bond acceptors (Lipinski definition) is 9. The third-order valence-corrected chi connectivity index (χ3v) is 10.4. The lowest BCUT2D eigenvalue weighted by atomic mass is 10.1. The molecule has 2 heterocycles. The molecule has 5 rings (SSSR count). The first-order valence-electron chi connectivity index (χ1n) is 14.5. The van der Waals surface area contributed by atoms with Crippen LogP contribution in [0.25, 0.3) is 17.1 Å². The highest BCUT2D eigenvalue weighted by molar-refractivity contribution is 7.99. The molecule has 238 valence electrons. The van der Waals surface area contributed by atoms with Crippen molar-refractivity contribution in [2.24, 2.45) is 0 Å². The second-order valence-electron chi connectivity index (χ2n) is 10.5. The van der Waals surface area contributed by atoms with Crippen LogP contribution in [0.5, 0.6) is 11.5 Å². The summed E-state index contributed by atoms with van der Waals surface area (Å²) in [5, 5.41) is 9.49. The molecule has 1 fully saturated rings. The number of carbonyl (C=O) groups is 1. The number of aromatic nitrogens is 3. The summed E-state index contributed by atoms with van der Waals surface area (Å²) in [6, 6.07) is 20.4. The summed E-state index contributed by atoms with van der Waals surface area (Å²) in [6.07, 6.45) is 0.653.